The summed E-state index contributed by atoms with van der Waals surface area (Å²) < 4.78 is 27.7. The van der Waals surface area contributed by atoms with Gasteiger partial charge in [0.25, 0.3) is 0 Å². The minimum absolute atomic E-state index is 0.0376. The minimum atomic E-state index is -3.51. The molecule has 9 heteroatoms. The molecule has 0 amide bonds. The zero-order valence-electron chi connectivity index (χ0n) is 20.4. The van der Waals surface area contributed by atoms with Crippen molar-refractivity contribution in [3.05, 3.63) is 83.4 Å². The number of aromatic nitrogens is 2. The number of aromatic amines is 1. The summed E-state index contributed by atoms with van der Waals surface area (Å²) in [6.07, 6.45) is 6.21. The monoisotopic (exact) mass is 492 g/mol. The average molecular weight is 493 g/mol. The van der Waals surface area contributed by atoms with Crippen LogP contribution in [-0.4, -0.2) is 67.1 Å². The van der Waals surface area contributed by atoms with Crippen molar-refractivity contribution in [1.29, 1.82) is 5.26 Å². The fourth-order valence-electron chi connectivity index (χ4n) is 4.82. The molecule has 1 N–H and O–H groups in total. The van der Waals surface area contributed by atoms with E-state index in [1.807, 2.05) is 68.8 Å². The van der Waals surface area contributed by atoms with Crippen molar-refractivity contribution >= 4 is 15.7 Å². The summed E-state index contributed by atoms with van der Waals surface area (Å²) in [5, 5.41) is 9.54. The fourth-order valence-corrected chi connectivity index (χ4v) is 5.88. The molecule has 3 aromatic rings. The molecule has 0 fully saturated rings. The van der Waals surface area contributed by atoms with E-state index in [2.05, 4.69) is 25.8 Å². The zero-order valence-corrected chi connectivity index (χ0v) is 21.2. The second-order valence-corrected chi connectivity index (χ2v) is 11.3. The number of hydrogen-bond acceptors (Lipinski definition) is 6. The molecular formula is C26H32N6O2S. The lowest BCUT2D eigenvalue weighted by Gasteiger charge is -2.37. The van der Waals surface area contributed by atoms with Crippen LogP contribution in [0.25, 0.3) is 0 Å². The maximum absolute atomic E-state index is 13.0. The van der Waals surface area contributed by atoms with Crippen LogP contribution in [0.1, 0.15) is 34.8 Å². The first kappa shape index (κ1) is 24.9. The van der Waals surface area contributed by atoms with Gasteiger partial charge in [0.05, 0.1) is 42.1 Å². The maximum Gasteiger partial charge on any atom is 0.211 e. The van der Waals surface area contributed by atoms with E-state index in [0.717, 1.165) is 35.5 Å². The SMILES string of the molecule is CN(C)CCC(c1cnc[nH]1)N1C[C@@H](Cc2ccccc2)N(S(C)(=O)=O)Cc2cc(C#N)ccc21. The van der Waals surface area contributed by atoms with E-state index < -0.39 is 10.0 Å². The van der Waals surface area contributed by atoms with E-state index in [9.17, 15) is 13.7 Å². The third kappa shape index (κ3) is 5.90. The highest BCUT2D eigenvalue weighted by Gasteiger charge is 2.36. The topological polar surface area (TPSA) is 96.3 Å². The third-order valence-corrected chi connectivity index (χ3v) is 7.78. The number of rotatable bonds is 8. The second kappa shape index (κ2) is 10.6. The fraction of sp³-hybridized carbons (Fsp3) is 0.385. The van der Waals surface area contributed by atoms with E-state index in [1.165, 1.54) is 6.26 Å². The van der Waals surface area contributed by atoms with Gasteiger partial charge in [0.2, 0.25) is 10.0 Å². The molecule has 0 spiro atoms. The van der Waals surface area contributed by atoms with Crippen LogP contribution in [0.3, 0.4) is 0 Å². The molecule has 4 rings (SSSR count). The van der Waals surface area contributed by atoms with Crippen molar-refractivity contribution < 1.29 is 8.42 Å². The predicted molar refractivity (Wildman–Crippen MR) is 137 cm³/mol. The third-order valence-electron chi connectivity index (χ3n) is 6.50. The highest BCUT2D eigenvalue weighted by molar-refractivity contribution is 7.88. The Balaban J connectivity index is 1.84. The molecule has 1 aliphatic heterocycles. The van der Waals surface area contributed by atoms with Gasteiger partial charge in [-0.25, -0.2) is 13.4 Å². The quantitative estimate of drug-likeness (QED) is 0.519. The molecular weight excluding hydrogens is 460 g/mol. The number of H-pyrrole nitrogens is 1. The van der Waals surface area contributed by atoms with E-state index in [4.69, 9.17) is 0 Å². The zero-order chi connectivity index (χ0) is 25.0. The van der Waals surface area contributed by atoms with Gasteiger partial charge in [0, 0.05) is 24.8 Å². The Morgan fingerprint density at radius 2 is 2.00 bits per heavy atom. The Kier molecular flexibility index (Phi) is 7.55. The lowest BCUT2D eigenvalue weighted by molar-refractivity contribution is 0.311. The smallest absolute Gasteiger partial charge is 0.211 e. The first-order valence-corrected chi connectivity index (χ1v) is 13.5. The Morgan fingerprint density at radius 3 is 2.63 bits per heavy atom. The number of nitrogens with one attached hydrogen (secondary N) is 1. The molecule has 0 saturated heterocycles. The van der Waals surface area contributed by atoms with Crippen molar-refractivity contribution in [2.24, 2.45) is 0 Å². The van der Waals surface area contributed by atoms with Crippen molar-refractivity contribution in [3.63, 3.8) is 0 Å². The van der Waals surface area contributed by atoms with Crippen LogP contribution in [0.4, 0.5) is 5.69 Å². The van der Waals surface area contributed by atoms with Crippen molar-refractivity contribution in [3.8, 4) is 6.07 Å². The standard InChI is InChI=1S/C26H32N6O2S/c1-30(2)12-11-26(24-16-28-19-29-24)31-18-23(14-20-7-5-4-6-8-20)32(35(3,33)34)17-22-13-21(15-27)9-10-25(22)31/h4-10,13,16,19,23,26H,11-12,14,17-18H2,1-3H3,(H,28,29)/t23-,26?/m1/s1. The van der Waals surface area contributed by atoms with E-state index >= 15 is 0 Å². The molecule has 8 nitrogen and oxygen atoms in total. The van der Waals surface area contributed by atoms with Gasteiger partial charge in [-0.05, 0) is 62.8 Å². The van der Waals surface area contributed by atoms with E-state index in [-0.39, 0.29) is 18.6 Å². The van der Waals surface area contributed by atoms with Crippen molar-refractivity contribution in [2.75, 3.05) is 38.3 Å². The molecule has 2 atom stereocenters. The molecule has 184 valence electrons. The van der Waals surface area contributed by atoms with Gasteiger partial charge in [-0.1, -0.05) is 30.3 Å². The van der Waals surface area contributed by atoms with Crippen LogP contribution in [0.5, 0.6) is 0 Å². The summed E-state index contributed by atoms with van der Waals surface area (Å²) in [6.45, 7) is 1.59. The number of nitriles is 1. The predicted octanol–water partition coefficient (Wildman–Crippen LogP) is 3.17. The normalized spacial score (nSPS) is 17.6. The maximum atomic E-state index is 13.0. The first-order chi connectivity index (χ1) is 16.8. The average Bonchev–Trinajstić information content (AvgIpc) is 3.30. The molecule has 0 radical (unpaired) electrons. The van der Waals surface area contributed by atoms with Crippen molar-refractivity contribution in [2.45, 2.75) is 31.5 Å². The van der Waals surface area contributed by atoms with Crippen LogP contribution in [0.2, 0.25) is 0 Å². The number of sulfonamides is 1. The van der Waals surface area contributed by atoms with Crippen LogP contribution in [0, 0.1) is 11.3 Å². The highest BCUT2D eigenvalue weighted by atomic mass is 32.2. The molecule has 1 aromatic heterocycles. The molecule has 0 bridgehead atoms. The van der Waals surface area contributed by atoms with E-state index in [1.54, 1.807) is 10.6 Å². The molecule has 2 heterocycles. The van der Waals surface area contributed by atoms with E-state index in [0.29, 0.717) is 18.5 Å². The number of imidazole rings is 1. The summed E-state index contributed by atoms with van der Waals surface area (Å²) in [5.74, 6) is 0. The Hall–Kier alpha value is -3.19. The summed E-state index contributed by atoms with van der Waals surface area (Å²) >= 11 is 0. The number of anilines is 1. The van der Waals surface area contributed by atoms with Crippen LogP contribution in [0.15, 0.2) is 61.1 Å². The summed E-state index contributed by atoms with van der Waals surface area (Å²) in [6, 6.07) is 17.5. The molecule has 0 aliphatic carbocycles. The van der Waals surface area contributed by atoms with Crippen LogP contribution < -0.4 is 4.90 Å². The number of fused-ring (bicyclic) bond motifs is 1. The van der Waals surface area contributed by atoms with Gasteiger partial charge in [-0.3, -0.25) is 0 Å². The highest BCUT2D eigenvalue weighted by Crippen LogP contribution is 2.37. The first-order valence-electron chi connectivity index (χ1n) is 11.7. The second-order valence-electron chi connectivity index (χ2n) is 9.37. The van der Waals surface area contributed by atoms with Gasteiger partial charge < -0.3 is 14.8 Å². The van der Waals surface area contributed by atoms with Gasteiger partial charge in [0.15, 0.2) is 0 Å². The molecule has 1 unspecified atom stereocenters. The van der Waals surface area contributed by atoms with Gasteiger partial charge in [-0.2, -0.15) is 9.57 Å². The molecule has 1 aliphatic rings. The minimum Gasteiger partial charge on any atom is -0.361 e. The summed E-state index contributed by atoms with van der Waals surface area (Å²) in [4.78, 5) is 12.0. The van der Waals surface area contributed by atoms with Crippen molar-refractivity contribution in [1.82, 2.24) is 19.2 Å². The van der Waals surface area contributed by atoms with Gasteiger partial charge in [0.1, 0.15) is 0 Å². The van der Waals surface area contributed by atoms with Crippen LogP contribution >= 0.6 is 0 Å². The van der Waals surface area contributed by atoms with Gasteiger partial charge >= 0.3 is 0 Å². The largest absolute Gasteiger partial charge is 0.361 e. The molecule has 2 aromatic carbocycles. The Bertz CT molecular complexity index is 1270. The summed E-state index contributed by atoms with van der Waals surface area (Å²) in [7, 11) is 0.576. The number of benzene rings is 2. The van der Waals surface area contributed by atoms with Crippen LogP contribution in [-0.2, 0) is 23.0 Å². The summed E-state index contributed by atoms with van der Waals surface area (Å²) in [5.41, 5.74) is 4.37. The molecule has 0 saturated carbocycles. The Morgan fingerprint density at radius 1 is 1.23 bits per heavy atom. The lowest BCUT2D eigenvalue weighted by Crippen LogP contribution is -2.46. The molecule has 35 heavy (non-hydrogen) atoms. The lowest BCUT2D eigenvalue weighted by atomic mass is 10.0. The van der Waals surface area contributed by atoms with Gasteiger partial charge in [-0.15, -0.1) is 0 Å². The number of nitrogens with zero attached hydrogens (tertiary/aromatic N) is 5. The number of hydrogen-bond donors (Lipinski definition) is 1. The Labute approximate surface area is 207 Å².